The van der Waals surface area contributed by atoms with Crippen molar-refractivity contribution in [1.29, 1.82) is 5.26 Å². The summed E-state index contributed by atoms with van der Waals surface area (Å²) in [5.74, 6) is 1.32. The average molecular weight is 232 g/mol. The van der Waals surface area contributed by atoms with Crippen molar-refractivity contribution in [2.24, 2.45) is 5.92 Å². The summed E-state index contributed by atoms with van der Waals surface area (Å²) in [6, 6.07) is 10.2. The van der Waals surface area contributed by atoms with Crippen molar-refractivity contribution in [3.05, 3.63) is 24.3 Å². The van der Waals surface area contributed by atoms with Crippen molar-refractivity contribution in [1.82, 2.24) is 0 Å². The average Bonchev–Trinajstić information content (AvgIpc) is 2.33. The normalized spacial score (nSPS) is 11.9. The van der Waals surface area contributed by atoms with E-state index in [-0.39, 0.29) is 6.61 Å². The molecule has 0 fully saturated rings. The summed E-state index contributed by atoms with van der Waals surface area (Å²) in [5.41, 5.74) is 1.04. The molecule has 92 valence electrons. The molecule has 0 aliphatic carbocycles. The fourth-order valence-electron chi connectivity index (χ4n) is 1.75. The number of nitriles is 1. The molecule has 0 spiro atoms. The van der Waals surface area contributed by atoms with E-state index in [4.69, 9.17) is 10.00 Å². The van der Waals surface area contributed by atoms with Crippen LogP contribution in [0.3, 0.4) is 0 Å². The number of hydrogen-bond donors (Lipinski definition) is 1. The molecule has 17 heavy (non-hydrogen) atoms. The number of nitrogens with zero attached hydrogens (tertiary/aromatic N) is 1. The quantitative estimate of drug-likeness (QED) is 0.817. The molecule has 0 aromatic heterocycles. The Morgan fingerprint density at radius 1 is 1.41 bits per heavy atom. The first-order chi connectivity index (χ1) is 8.17. The Labute approximate surface area is 103 Å². The van der Waals surface area contributed by atoms with Gasteiger partial charge in [0.2, 0.25) is 0 Å². The lowest BCUT2D eigenvalue weighted by Gasteiger charge is -2.22. The highest BCUT2D eigenvalue weighted by molar-refractivity contribution is 5.49. The monoisotopic (exact) mass is 232 g/mol. The molecular formula is C14H20N2O. The molecule has 0 aliphatic heterocycles. The molecule has 3 heteroatoms. The van der Waals surface area contributed by atoms with Crippen LogP contribution < -0.4 is 10.1 Å². The molecule has 0 radical (unpaired) electrons. The summed E-state index contributed by atoms with van der Waals surface area (Å²) in [5, 5.41) is 11.9. The lowest BCUT2D eigenvalue weighted by atomic mass is 10.0. The van der Waals surface area contributed by atoms with Gasteiger partial charge in [-0.25, -0.2) is 0 Å². The van der Waals surface area contributed by atoms with Crippen LogP contribution in [-0.2, 0) is 0 Å². The maximum Gasteiger partial charge on any atom is 0.174 e. The Balaban J connectivity index is 2.68. The van der Waals surface area contributed by atoms with Crippen LogP contribution in [-0.4, -0.2) is 12.6 Å². The van der Waals surface area contributed by atoms with Crippen LogP contribution >= 0.6 is 0 Å². The van der Waals surface area contributed by atoms with Gasteiger partial charge in [0.05, 0.1) is 0 Å². The topological polar surface area (TPSA) is 45.0 Å². The third-order valence-corrected chi connectivity index (χ3v) is 2.73. The molecule has 3 nitrogen and oxygen atoms in total. The van der Waals surface area contributed by atoms with Gasteiger partial charge in [0, 0.05) is 17.8 Å². The fraction of sp³-hybridized carbons (Fsp3) is 0.500. The number of hydrogen-bond acceptors (Lipinski definition) is 3. The van der Waals surface area contributed by atoms with E-state index < -0.39 is 0 Å². The first-order valence-electron chi connectivity index (χ1n) is 6.03. The van der Waals surface area contributed by atoms with E-state index in [1.165, 1.54) is 0 Å². The summed E-state index contributed by atoms with van der Waals surface area (Å²) in [6.07, 6.45) is 1.08. The van der Waals surface area contributed by atoms with Crippen molar-refractivity contribution >= 4 is 5.69 Å². The fourth-order valence-corrected chi connectivity index (χ4v) is 1.75. The number of nitrogens with one attached hydrogen (secondary N) is 1. The molecule has 0 aliphatic rings. The van der Waals surface area contributed by atoms with Gasteiger partial charge in [-0.15, -0.1) is 0 Å². The van der Waals surface area contributed by atoms with Crippen LogP contribution in [0.4, 0.5) is 5.69 Å². The van der Waals surface area contributed by atoms with Gasteiger partial charge in [-0.3, -0.25) is 0 Å². The van der Waals surface area contributed by atoms with E-state index in [9.17, 15) is 0 Å². The Morgan fingerprint density at radius 2 is 2.18 bits per heavy atom. The van der Waals surface area contributed by atoms with Gasteiger partial charge in [0.15, 0.2) is 6.61 Å². The Hall–Kier alpha value is -1.69. The summed E-state index contributed by atoms with van der Waals surface area (Å²) >= 11 is 0. The van der Waals surface area contributed by atoms with Gasteiger partial charge in [0.1, 0.15) is 11.8 Å². The molecule has 0 heterocycles. The van der Waals surface area contributed by atoms with Crippen LogP contribution in [0.25, 0.3) is 0 Å². The third kappa shape index (κ3) is 4.36. The molecule has 0 saturated heterocycles. The number of ether oxygens (including phenoxy) is 1. The van der Waals surface area contributed by atoms with E-state index in [1.54, 1.807) is 0 Å². The molecule has 1 N–H and O–H groups in total. The highest BCUT2D eigenvalue weighted by atomic mass is 16.5. The van der Waals surface area contributed by atoms with Crippen molar-refractivity contribution in [3.8, 4) is 11.8 Å². The second-order valence-corrected chi connectivity index (χ2v) is 4.38. The van der Waals surface area contributed by atoms with Crippen molar-refractivity contribution in [2.45, 2.75) is 33.2 Å². The first kappa shape index (κ1) is 13.4. The highest BCUT2D eigenvalue weighted by Crippen LogP contribution is 2.20. The van der Waals surface area contributed by atoms with Crippen molar-refractivity contribution in [3.63, 3.8) is 0 Å². The van der Waals surface area contributed by atoms with Crippen LogP contribution in [0.5, 0.6) is 5.75 Å². The zero-order valence-electron chi connectivity index (χ0n) is 10.7. The highest BCUT2D eigenvalue weighted by Gasteiger charge is 2.10. The van der Waals surface area contributed by atoms with Crippen LogP contribution in [0.15, 0.2) is 24.3 Å². The van der Waals surface area contributed by atoms with Crippen LogP contribution in [0, 0.1) is 17.2 Å². The van der Waals surface area contributed by atoms with E-state index >= 15 is 0 Å². The minimum Gasteiger partial charge on any atom is -0.479 e. The molecule has 1 aromatic rings. The predicted molar refractivity (Wildman–Crippen MR) is 70.1 cm³/mol. The van der Waals surface area contributed by atoms with Gasteiger partial charge in [-0.2, -0.15) is 5.26 Å². The molecule has 1 aromatic carbocycles. The minimum atomic E-state index is 0.0881. The van der Waals surface area contributed by atoms with Crippen LogP contribution in [0.1, 0.15) is 27.2 Å². The standard InChI is InChI=1S/C14H20N2O/c1-4-14(11(2)3)16-12-6-5-7-13(10-12)17-9-8-15/h5-7,10-11,14,16H,4,9H2,1-3H3. The molecule has 1 rings (SSSR count). The third-order valence-electron chi connectivity index (χ3n) is 2.73. The summed E-state index contributed by atoms with van der Waals surface area (Å²) in [6.45, 7) is 6.67. The van der Waals surface area contributed by atoms with E-state index in [0.717, 1.165) is 17.9 Å². The number of anilines is 1. The van der Waals surface area contributed by atoms with Crippen molar-refractivity contribution in [2.75, 3.05) is 11.9 Å². The maximum atomic E-state index is 8.46. The van der Waals surface area contributed by atoms with Gasteiger partial charge in [-0.1, -0.05) is 26.8 Å². The SMILES string of the molecule is CCC(Nc1cccc(OCC#N)c1)C(C)C. The van der Waals surface area contributed by atoms with Gasteiger partial charge < -0.3 is 10.1 Å². The number of benzene rings is 1. The van der Waals surface area contributed by atoms with E-state index in [2.05, 4.69) is 26.1 Å². The van der Waals surface area contributed by atoms with E-state index in [1.807, 2.05) is 30.3 Å². The van der Waals surface area contributed by atoms with Crippen LogP contribution in [0.2, 0.25) is 0 Å². The molecule has 0 amide bonds. The molecule has 0 saturated carbocycles. The zero-order valence-corrected chi connectivity index (χ0v) is 10.7. The predicted octanol–water partition coefficient (Wildman–Crippen LogP) is 3.44. The van der Waals surface area contributed by atoms with Gasteiger partial charge >= 0.3 is 0 Å². The summed E-state index contributed by atoms with van der Waals surface area (Å²) in [7, 11) is 0. The Bertz CT molecular complexity index is 382. The second-order valence-electron chi connectivity index (χ2n) is 4.38. The summed E-state index contributed by atoms with van der Waals surface area (Å²) in [4.78, 5) is 0. The zero-order chi connectivity index (χ0) is 12.7. The van der Waals surface area contributed by atoms with E-state index in [0.29, 0.717) is 12.0 Å². The van der Waals surface area contributed by atoms with Crippen molar-refractivity contribution < 1.29 is 4.74 Å². The number of rotatable bonds is 6. The lowest BCUT2D eigenvalue weighted by molar-refractivity contribution is 0.368. The second kappa shape index (κ2) is 6.80. The Morgan fingerprint density at radius 3 is 2.76 bits per heavy atom. The maximum absolute atomic E-state index is 8.46. The molecule has 1 unspecified atom stereocenters. The lowest BCUT2D eigenvalue weighted by Crippen LogP contribution is -2.24. The molecular weight excluding hydrogens is 212 g/mol. The minimum absolute atomic E-state index is 0.0881. The van der Waals surface area contributed by atoms with Gasteiger partial charge in [-0.05, 0) is 24.5 Å². The molecule has 0 bridgehead atoms. The first-order valence-corrected chi connectivity index (χ1v) is 6.03. The summed E-state index contributed by atoms with van der Waals surface area (Å²) < 4.78 is 5.27. The Kier molecular flexibility index (Phi) is 5.35. The molecule has 1 atom stereocenters. The smallest absolute Gasteiger partial charge is 0.174 e. The van der Waals surface area contributed by atoms with Gasteiger partial charge in [0.25, 0.3) is 0 Å². The largest absolute Gasteiger partial charge is 0.479 e.